The summed E-state index contributed by atoms with van der Waals surface area (Å²) in [6, 6.07) is 12.0. The molecule has 3 N–H and O–H groups in total. The van der Waals surface area contributed by atoms with Gasteiger partial charge in [-0.1, -0.05) is 24.3 Å². The Morgan fingerprint density at radius 3 is 2.17 bits per heavy atom. The summed E-state index contributed by atoms with van der Waals surface area (Å²) in [6.07, 6.45) is 1.80. The third-order valence-corrected chi connectivity index (χ3v) is 4.71. The molecule has 0 fully saturated rings. The minimum atomic E-state index is -1.06. The van der Waals surface area contributed by atoms with Crippen LogP contribution in [0.15, 0.2) is 42.0 Å². The molecule has 0 aliphatic carbocycles. The maximum absolute atomic E-state index is 12.2. The van der Waals surface area contributed by atoms with E-state index in [0.717, 1.165) is 33.5 Å². The minimum absolute atomic E-state index is 0.380. The Balaban J connectivity index is 2.27. The molecule has 0 radical (unpaired) electrons. The van der Waals surface area contributed by atoms with Crippen molar-refractivity contribution in [2.45, 2.75) is 53.6 Å². The van der Waals surface area contributed by atoms with Crippen LogP contribution in [-0.2, 0) is 9.59 Å². The second kappa shape index (κ2) is 9.41. The van der Waals surface area contributed by atoms with Crippen molar-refractivity contribution in [2.24, 2.45) is 0 Å². The van der Waals surface area contributed by atoms with Gasteiger partial charge in [0.05, 0.1) is 0 Å². The molecule has 0 aromatic heterocycles. The van der Waals surface area contributed by atoms with Crippen molar-refractivity contribution in [3.05, 3.63) is 58.7 Å². The van der Waals surface area contributed by atoms with Crippen molar-refractivity contribution in [2.75, 3.05) is 5.32 Å². The summed E-state index contributed by atoms with van der Waals surface area (Å²) in [5.74, 6) is -1.44. The molecule has 0 aliphatic rings. The second-order valence-electron chi connectivity index (χ2n) is 7.76. The van der Waals surface area contributed by atoms with Crippen LogP contribution >= 0.6 is 0 Å². The Labute approximate surface area is 172 Å². The zero-order valence-electron chi connectivity index (χ0n) is 18.0. The molecule has 29 heavy (non-hydrogen) atoms. The van der Waals surface area contributed by atoms with Gasteiger partial charge in [-0.2, -0.15) is 0 Å². The van der Waals surface area contributed by atoms with Gasteiger partial charge < -0.3 is 15.7 Å². The summed E-state index contributed by atoms with van der Waals surface area (Å²) in [5, 5.41) is 14.8. The molecule has 5 heteroatoms. The molecule has 1 amide bonds. The number of benzene rings is 2. The molecule has 0 saturated heterocycles. The standard InChI is InChI=1S/C24H30N2O3/c1-14(2)25-21-9-7-19(8-10-21)22-13-15(3)20(11-16(22)4)12-17(5)23(27)26-18(6)24(28)29/h7-14,18,25H,1-6H3,(H,26,27)(H,28,29)/b17-12+/t18-/m1/s1. The predicted octanol–water partition coefficient (Wildman–Crippen LogP) is 4.78. The number of hydrogen-bond acceptors (Lipinski definition) is 3. The van der Waals surface area contributed by atoms with E-state index in [2.05, 4.69) is 60.9 Å². The van der Waals surface area contributed by atoms with Crippen molar-refractivity contribution >= 4 is 23.6 Å². The topological polar surface area (TPSA) is 78.4 Å². The normalized spacial score (nSPS) is 12.6. The summed E-state index contributed by atoms with van der Waals surface area (Å²) >= 11 is 0. The zero-order chi connectivity index (χ0) is 21.7. The molecule has 0 bridgehead atoms. The van der Waals surface area contributed by atoms with Crippen LogP contribution in [0.25, 0.3) is 17.2 Å². The van der Waals surface area contributed by atoms with Gasteiger partial charge in [0.2, 0.25) is 5.91 Å². The lowest BCUT2D eigenvalue weighted by Gasteiger charge is -2.14. The molecule has 1 atom stereocenters. The van der Waals surface area contributed by atoms with Gasteiger partial charge in [-0.15, -0.1) is 0 Å². The summed E-state index contributed by atoms with van der Waals surface area (Å²) < 4.78 is 0. The van der Waals surface area contributed by atoms with Crippen LogP contribution in [0.2, 0.25) is 0 Å². The number of aryl methyl sites for hydroxylation is 2. The van der Waals surface area contributed by atoms with Gasteiger partial charge in [0.15, 0.2) is 0 Å². The highest BCUT2D eigenvalue weighted by molar-refractivity contribution is 5.99. The first-order chi connectivity index (χ1) is 13.6. The maximum Gasteiger partial charge on any atom is 0.325 e. The van der Waals surface area contributed by atoms with Gasteiger partial charge in [0.1, 0.15) is 6.04 Å². The van der Waals surface area contributed by atoms with Crippen LogP contribution in [0.1, 0.15) is 44.4 Å². The van der Waals surface area contributed by atoms with Gasteiger partial charge in [-0.05, 0) is 87.6 Å². The van der Waals surface area contributed by atoms with Crippen LogP contribution in [-0.4, -0.2) is 29.1 Å². The molecule has 0 heterocycles. The number of aliphatic carboxylic acids is 1. The van der Waals surface area contributed by atoms with Gasteiger partial charge in [-0.25, -0.2) is 0 Å². The second-order valence-corrected chi connectivity index (χ2v) is 7.76. The van der Waals surface area contributed by atoms with E-state index in [1.54, 1.807) is 13.0 Å². The van der Waals surface area contributed by atoms with Gasteiger partial charge in [0.25, 0.3) is 0 Å². The first-order valence-electron chi connectivity index (χ1n) is 9.78. The number of rotatable bonds is 7. The van der Waals surface area contributed by atoms with Crippen LogP contribution in [0, 0.1) is 13.8 Å². The third kappa shape index (κ3) is 5.95. The largest absolute Gasteiger partial charge is 0.480 e. The molecular formula is C24H30N2O3. The van der Waals surface area contributed by atoms with E-state index in [4.69, 9.17) is 5.11 Å². The average Bonchev–Trinajstić information content (AvgIpc) is 2.64. The van der Waals surface area contributed by atoms with Gasteiger partial charge in [-0.3, -0.25) is 9.59 Å². The molecule has 2 rings (SSSR count). The van der Waals surface area contributed by atoms with E-state index in [0.29, 0.717) is 11.6 Å². The zero-order valence-corrected chi connectivity index (χ0v) is 18.0. The lowest BCUT2D eigenvalue weighted by atomic mass is 9.94. The van der Waals surface area contributed by atoms with Crippen molar-refractivity contribution in [3.63, 3.8) is 0 Å². The molecule has 2 aromatic carbocycles. The number of carbonyl (C=O) groups excluding carboxylic acids is 1. The molecule has 0 unspecified atom stereocenters. The van der Waals surface area contributed by atoms with Crippen molar-refractivity contribution in [1.82, 2.24) is 5.32 Å². The van der Waals surface area contributed by atoms with E-state index >= 15 is 0 Å². The Morgan fingerprint density at radius 1 is 1.00 bits per heavy atom. The number of nitrogens with one attached hydrogen (secondary N) is 2. The van der Waals surface area contributed by atoms with Crippen LogP contribution < -0.4 is 10.6 Å². The molecule has 5 nitrogen and oxygen atoms in total. The Kier molecular flexibility index (Phi) is 7.21. The highest BCUT2D eigenvalue weighted by atomic mass is 16.4. The Hall–Kier alpha value is -3.08. The molecule has 154 valence electrons. The van der Waals surface area contributed by atoms with E-state index in [1.165, 1.54) is 6.92 Å². The third-order valence-electron chi connectivity index (χ3n) is 4.71. The van der Waals surface area contributed by atoms with Crippen LogP contribution in [0.4, 0.5) is 5.69 Å². The van der Waals surface area contributed by atoms with E-state index in [1.807, 2.05) is 13.8 Å². The Morgan fingerprint density at radius 2 is 1.62 bits per heavy atom. The molecule has 2 aromatic rings. The number of carboxylic acids is 1. The van der Waals surface area contributed by atoms with Gasteiger partial charge >= 0.3 is 5.97 Å². The Bertz CT molecular complexity index is 928. The molecular weight excluding hydrogens is 364 g/mol. The monoisotopic (exact) mass is 394 g/mol. The van der Waals surface area contributed by atoms with Crippen LogP contribution in [0.3, 0.4) is 0 Å². The summed E-state index contributed by atoms with van der Waals surface area (Å²) in [4.78, 5) is 23.1. The lowest BCUT2D eigenvalue weighted by molar-refractivity contribution is -0.140. The van der Waals surface area contributed by atoms with E-state index in [9.17, 15) is 9.59 Å². The number of anilines is 1. The number of carbonyl (C=O) groups is 2. The summed E-state index contributed by atoms with van der Waals surface area (Å²) in [6.45, 7) is 11.4. The van der Waals surface area contributed by atoms with Crippen molar-refractivity contribution in [1.29, 1.82) is 0 Å². The minimum Gasteiger partial charge on any atom is -0.480 e. The first-order valence-corrected chi connectivity index (χ1v) is 9.78. The summed E-state index contributed by atoms with van der Waals surface area (Å²) in [7, 11) is 0. The highest BCUT2D eigenvalue weighted by Crippen LogP contribution is 2.29. The number of amides is 1. The first kappa shape index (κ1) is 22.2. The highest BCUT2D eigenvalue weighted by Gasteiger charge is 2.15. The van der Waals surface area contributed by atoms with Crippen molar-refractivity contribution < 1.29 is 14.7 Å². The van der Waals surface area contributed by atoms with E-state index in [-0.39, 0.29) is 5.91 Å². The van der Waals surface area contributed by atoms with Crippen LogP contribution in [0.5, 0.6) is 0 Å². The predicted molar refractivity (Wildman–Crippen MR) is 119 cm³/mol. The maximum atomic E-state index is 12.2. The molecule has 0 spiro atoms. The fraction of sp³-hybridized carbons (Fsp3) is 0.333. The number of hydrogen-bond donors (Lipinski definition) is 3. The van der Waals surface area contributed by atoms with Crippen molar-refractivity contribution in [3.8, 4) is 11.1 Å². The smallest absolute Gasteiger partial charge is 0.325 e. The lowest BCUT2D eigenvalue weighted by Crippen LogP contribution is -2.38. The SMILES string of the molecule is C/C(=C\c1cc(C)c(-c2ccc(NC(C)C)cc2)cc1C)C(=O)N[C@H](C)C(=O)O. The van der Waals surface area contributed by atoms with E-state index < -0.39 is 12.0 Å². The fourth-order valence-corrected chi connectivity index (χ4v) is 3.06. The summed E-state index contributed by atoms with van der Waals surface area (Å²) in [5.41, 5.74) is 6.96. The van der Waals surface area contributed by atoms with Gasteiger partial charge in [0, 0.05) is 17.3 Å². The average molecular weight is 395 g/mol. The fourth-order valence-electron chi connectivity index (χ4n) is 3.06. The molecule has 0 saturated carbocycles. The number of carboxylic acid groups (broad SMARTS) is 1. The molecule has 0 aliphatic heterocycles. The quantitative estimate of drug-likeness (QED) is 0.590.